The molecule has 0 bridgehead atoms. The second-order valence-electron chi connectivity index (χ2n) is 7.57. The summed E-state index contributed by atoms with van der Waals surface area (Å²) >= 11 is 0. The third-order valence-electron chi connectivity index (χ3n) is 5.77. The molecule has 9 nitrogen and oxygen atoms in total. The highest BCUT2D eigenvalue weighted by atomic mass is 16.2. The molecule has 2 aliphatic heterocycles. The number of carbonyl (C=O) groups excluding carboxylic acids is 1. The van der Waals surface area contributed by atoms with Gasteiger partial charge in [-0.15, -0.1) is 10.2 Å². The predicted octanol–water partition coefficient (Wildman–Crippen LogP) is 0.607. The number of piperazine rings is 1. The highest BCUT2D eigenvalue weighted by molar-refractivity contribution is 5.74. The number of hydrogen-bond donors (Lipinski definition) is 0. The van der Waals surface area contributed by atoms with E-state index in [1.54, 1.807) is 6.20 Å². The van der Waals surface area contributed by atoms with Crippen LogP contribution in [0.1, 0.15) is 30.4 Å². The molecule has 4 rings (SSSR count). The van der Waals surface area contributed by atoms with Gasteiger partial charge in [0.25, 0.3) is 0 Å². The minimum Gasteiger partial charge on any atom is -0.325 e. The number of likely N-dealkylation sites (N-methyl/N-ethyl adjacent to an activating group) is 1. The largest absolute Gasteiger partial charge is 0.325 e. The number of amides is 2. The molecule has 4 heterocycles. The van der Waals surface area contributed by atoms with Gasteiger partial charge in [-0.05, 0) is 26.0 Å². The molecule has 146 valence electrons. The number of rotatable bonds is 3. The van der Waals surface area contributed by atoms with Gasteiger partial charge in [0.05, 0.1) is 0 Å². The van der Waals surface area contributed by atoms with Gasteiger partial charge >= 0.3 is 6.03 Å². The molecule has 9 heteroatoms. The van der Waals surface area contributed by atoms with Crippen LogP contribution in [-0.4, -0.2) is 91.6 Å². The van der Waals surface area contributed by atoms with Crippen LogP contribution in [0.2, 0.25) is 0 Å². The van der Waals surface area contributed by atoms with E-state index in [0.29, 0.717) is 12.5 Å². The summed E-state index contributed by atoms with van der Waals surface area (Å²) in [5, 5.41) is 13.0. The van der Waals surface area contributed by atoms with Crippen molar-refractivity contribution in [2.45, 2.75) is 25.3 Å². The SMILES string of the molecule is CN1CCN(C(=O)N2CCC(c3nnc(Cn4cccn4)n3C)CC2)CC1. The van der Waals surface area contributed by atoms with Crippen molar-refractivity contribution < 1.29 is 4.79 Å². The monoisotopic (exact) mass is 372 g/mol. The van der Waals surface area contributed by atoms with Gasteiger partial charge in [-0.2, -0.15) is 5.10 Å². The Hall–Kier alpha value is -2.42. The van der Waals surface area contributed by atoms with Crippen molar-refractivity contribution in [3.8, 4) is 0 Å². The van der Waals surface area contributed by atoms with Gasteiger partial charge in [-0.25, -0.2) is 4.79 Å². The first-order valence-corrected chi connectivity index (χ1v) is 9.70. The summed E-state index contributed by atoms with van der Waals surface area (Å²) < 4.78 is 3.94. The smallest absolute Gasteiger partial charge is 0.320 e. The number of carbonyl (C=O) groups is 1. The summed E-state index contributed by atoms with van der Waals surface area (Å²) in [6, 6.07) is 2.10. The zero-order valence-corrected chi connectivity index (χ0v) is 16.2. The van der Waals surface area contributed by atoms with E-state index in [1.165, 1.54) is 0 Å². The lowest BCUT2D eigenvalue weighted by Crippen LogP contribution is -2.53. The fourth-order valence-corrected chi connectivity index (χ4v) is 3.93. The van der Waals surface area contributed by atoms with Crippen molar-refractivity contribution in [3.63, 3.8) is 0 Å². The summed E-state index contributed by atoms with van der Waals surface area (Å²) in [5.74, 6) is 2.28. The van der Waals surface area contributed by atoms with E-state index in [2.05, 4.69) is 31.8 Å². The van der Waals surface area contributed by atoms with Crippen LogP contribution in [0.15, 0.2) is 18.5 Å². The first kappa shape index (κ1) is 18.0. The molecule has 2 amide bonds. The molecule has 2 aromatic rings. The van der Waals surface area contributed by atoms with Crippen molar-refractivity contribution in [2.24, 2.45) is 7.05 Å². The Balaban J connectivity index is 1.34. The molecule has 2 saturated heterocycles. The Morgan fingerprint density at radius 2 is 1.74 bits per heavy atom. The Labute approximate surface area is 159 Å². The van der Waals surface area contributed by atoms with Crippen LogP contribution in [0.4, 0.5) is 4.79 Å². The molecule has 27 heavy (non-hydrogen) atoms. The maximum absolute atomic E-state index is 12.7. The molecular weight excluding hydrogens is 344 g/mol. The molecule has 0 aromatic carbocycles. The lowest BCUT2D eigenvalue weighted by atomic mass is 9.96. The number of piperidine rings is 1. The molecule has 0 spiro atoms. The predicted molar refractivity (Wildman–Crippen MR) is 100 cm³/mol. The molecule has 0 aliphatic carbocycles. The molecular formula is C18H28N8O. The van der Waals surface area contributed by atoms with E-state index in [1.807, 2.05) is 33.8 Å². The molecule has 0 unspecified atom stereocenters. The summed E-state index contributed by atoms with van der Waals surface area (Å²) in [4.78, 5) is 19.0. The Morgan fingerprint density at radius 3 is 2.41 bits per heavy atom. The van der Waals surface area contributed by atoms with E-state index in [9.17, 15) is 4.79 Å². The van der Waals surface area contributed by atoms with E-state index >= 15 is 0 Å². The summed E-state index contributed by atoms with van der Waals surface area (Å²) in [6.45, 7) is 5.77. The number of likely N-dealkylation sites (tertiary alicyclic amines) is 1. The van der Waals surface area contributed by atoms with Gasteiger partial charge in [0.2, 0.25) is 0 Å². The van der Waals surface area contributed by atoms with Gasteiger partial charge in [0.1, 0.15) is 12.4 Å². The maximum Gasteiger partial charge on any atom is 0.320 e. The number of hydrogen-bond acceptors (Lipinski definition) is 5. The second kappa shape index (κ2) is 7.67. The van der Waals surface area contributed by atoms with E-state index < -0.39 is 0 Å². The van der Waals surface area contributed by atoms with Crippen LogP contribution in [0.3, 0.4) is 0 Å². The zero-order chi connectivity index (χ0) is 18.8. The highest BCUT2D eigenvalue weighted by Gasteiger charge is 2.30. The van der Waals surface area contributed by atoms with E-state index in [-0.39, 0.29) is 6.03 Å². The number of aromatic nitrogens is 5. The minimum atomic E-state index is 0.193. The normalized spacial score (nSPS) is 19.6. The quantitative estimate of drug-likeness (QED) is 0.789. The van der Waals surface area contributed by atoms with Crippen molar-refractivity contribution >= 4 is 6.03 Å². The van der Waals surface area contributed by atoms with Crippen LogP contribution in [-0.2, 0) is 13.6 Å². The lowest BCUT2D eigenvalue weighted by molar-refractivity contribution is 0.113. The Morgan fingerprint density at radius 1 is 1.04 bits per heavy atom. The van der Waals surface area contributed by atoms with Crippen LogP contribution in [0, 0.1) is 0 Å². The lowest BCUT2D eigenvalue weighted by Gasteiger charge is -2.38. The van der Waals surface area contributed by atoms with Crippen LogP contribution in [0.5, 0.6) is 0 Å². The summed E-state index contributed by atoms with van der Waals surface area (Å²) in [6.07, 6.45) is 5.57. The fourth-order valence-electron chi connectivity index (χ4n) is 3.93. The van der Waals surface area contributed by atoms with Crippen LogP contribution in [0.25, 0.3) is 0 Å². The zero-order valence-electron chi connectivity index (χ0n) is 16.2. The average molecular weight is 372 g/mol. The van der Waals surface area contributed by atoms with Crippen molar-refractivity contribution in [1.29, 1.82) is 0 Å². The molecule has 2 aromatic heterocycles. The van der Waals surface area contributed by atoms with Crippen molar-refractivity contribution in [1.82, 2.24) is 39.2 Å². The van der Waals surface area contributed by atoms with Gasteiger partial charge in [0, 0.05) is 64.6 Å². The van der Waals surface area contributed by atoms with E-state index in [0.717, 1.165) is 63.8 Å². The standard InChI is InChI=1S/C18H28N8O/c1-22-10-12-25(13-11-22)18(27)24-8-4-15(5-9-24)17-21-20-16(23(17)2)14-26-7-3-6-19-26/h3,6-7,15H,4-5,8-14H2,1-2H3. The molecule has 2 aliphatic rings. The molecule has 0 radical (unpaired) electrons. The number of nitrogens with zero attached hydrogens (tertiary/aromatic N) is 8. The topological polar surface area (TPSA) is 75.3 Å². The van der Waals surface area contributed by atoms with Crippen LogP contribution >= 0.6 is 0 Å². The van der Waals surface area contributed by atoms with Crippen molar-refractivity contribution in [2.75, 3.05) is 46.3 Å². The molecule has 0 atom stereocenters. The minimum absolute atomic E-state index is 0.193. The third-order valence-corrected chi connectivity index (χ3v) is 5.77. The van der Waals surface area contributed by atoms with Gasteiger partial charge in [0.15, 0.2) is 5.82 Å². The Kier molecular flexibility index (Phi) is 5.11. The second-order valence-corrected chi connectivity index (χ2v) is 7.57. The van der Waals surface area contributed by atoms with Gasteiger partial charge in [-0.1, -0.05) is 0 Å². The third kappa shape index (κ3) is 3.83. The van der Waals surface area contributed by atoms with Gasteiger partial charge in [-0.3, -0.25) is 4.68 Å². The van der Waals surface area contributed by atoms with Gasteiger partial charge < -0.3 is 19.3 Å². The van der Waals surface area contributed by atoms with E-state index in [4.69, 9.17) is 0 Å². The molecule has 0 saturated carbocycles. The van der Waals surface area contributed by atoms with Crippen molar-refractivity contribution in [3.05, 3.63) is 30.1 Å². The maximum atomic E-state index is 12.7. The highest BCUT2D eigenvalue weighted by Crippen LogP contribution is 2.27. The fraction of sp³-hybridized carbons (Fsp3) is 0.667. The summed E-state index contributed by atoms with van der Waals surface area (Å²) in [7, 11) is 4.13. The summed E-state index contributed by atoms with van der Waals surface area (Å²) in [5.41, 5.74) is 0. The molecule has 2 fully saturated rings. The first-order chi connectivity index (χ1) is 13.1. The molecule has 0 N–H and O–H groups in total. The number of urea groups is 1. The van der Waals surface area contributed by atoms with Crippen LogP contribution < -0.4 is 0 Å². The Bertz CT molecular complexity index is 754. The first-order valence-electron chi connectivity index (χ1n) is 9.70. The average Bonchev–Trinajstić information content (AvgIpc) is 3.33.